The van der Waals surface area contributed by atoms with Gasteiger partial charge in [-0.1, -0.05) is 6.07 Å². The van der Waals surface area contributed by atoms with Crippen molar-refractivity contribution in [3.63, 3.8) is 0 Å². The van der Waals surface area contributed by atoms with Gasteiger partial charge in [0.15, 0.2) is 5.71 Å². The number of anilines is 1. The molecule has 194 valence electrons. The Bertz CT molecular complexity index is 1350. The molecule has 1 fully saturated rings. The fourth-order valence-corrected chi connectivity index (χ4v) is 4.72. The smallest absolute Gasteiger partial charge is 0.490 e. The Kier molecular flexibility index (Phi) is 6.80. The first kappa shape index (κ1) is 25.4. The minimum atomic E-state index is -4.72. The number of fused-ring (bicyclic) bond motifs is 1. The van der Waals surface area contributed by atoms with Crippen molar-refractivity contribution in [1.29, 1.82) is 0 Å². The highest BCUT2D eigenvalue weighted by atomic mass is 32.2. The summed E-state index contributed by atoms with van der Waals surface area (Å²) in [6, 6.07) is 13.1. The largest absolute Gasteiger partial charge is 0.533 e. The van der Waals surface area contributed by atoms with E-state index in [1.165, 1.54) is 18.3 Å². The van der Waals surface area contributed by atoms with Crippen LogP contribution in [-0.4, -0.2) is 42.4 Å². The Balaban J connectivity index is 1.23. The lowest BCUT2D eigenvalue weighted by Gasteiger charge is -2.34. The fourth-order valence-electron chi connectivity index (χ4n) is 4.28. The number of nitrogens with zero attached hydrogens (tertiary/aromatic N) is 3. The molecule has 0 radical (unpaired) electrons. The van der Waals surface area contributed by atoms with Crippen LogP contribution in [0.3, 0.4) is 0 Å². The first-order valence-corrected chi connectivity index (χ1v) is 12.0. The van der Waals surface area contributed by atoms with Crippen molar-refractivity contribution in [3.8, 4) is 5.75 Å². The number of rotatable bonds is 6. The quantitative estimate of drug-likeness (QED) is 0.245. The molecule has 2 aliphatic heterocycles. The number of pyridine rings is 1. The van der Waals surface area contributed by atoms with Crippen molar-refractivity contribution in [2.75, 3.05) is 18.0 Å². The lowest BCUT2D eigenvalue weighted by molar-refractivity contribution is -0.266. The average molecular weight is 540 g/mol. The summed E-state index contributed by atoms with van der Waals surface area (Å²) in [5.74, 6) is 0.546. The molecular formula is C25H19F6N3O2S. The molecule has 1 saturated heterocycles. The molecule has 0 atom stereocenters. The monoisotopic (exact) mass is 539 g/mol. The van der Waals surface area contributed by atoms with Crippen molar-refractivity contribution in [3.05, 3.63) is 66.5 Å². The van der Waals surface area contributed by atoms with Gasteiger partial charge in [-0.3, -0.25) is 9.98 Å². The summed E-state index contributed by atoms with van der Waals surface area (Å²) >= 11 is 0.232. The zero-order valence-electron chi connectivity index (χ0n) is 19.0. The van der Waals surface area contributed by atoms with Gasteiger partial charge in [0.2, 0.25) is 0 Å². The summed E-state index contributed by atoms with van der Waals surface area (Å²) in [6.45, 7) is 1.30. The first-order valence-electron chi connectivity index (χ1n) is 11.3. The molecule has 0 bridgehead atoms. The van der Waals surface area contributed by atoms with E-state index in [9.17, 15) is 26.3 Å². The van der Waals surface area contributed by atoms with Gasteiger partial charge in [0.25, 0.3) is 0 Å². The van der Waals surface area contributed by atoms with Gasteiger partial charge in [0.1, 0.15) is 11.9 Å². The summed E-state index contributed by atoms with van der Waals surface area (Å²) < 4.78 is 85.8. The summed E-state index contributed by atoms with van der Waals surface area (Å²) in [4.78, 5) is 10.2. The van der Waals surface area contributed by atoms with Crippen LogP contribution >= 0.6 is 12.0 Å². The summed E-state index contributed by atoms with van der Waals surface area (Å²) in [5.41, 5.74) is 1.17. The van der Waals surface area contributed by atoms with Gasteiger partial charge in [-0.05, 0) is 48.0 Å². The molecule has 12 heteroatoms. The molecule has 5 rings (SSSR count). The zero-order chi connectivity index (χ0) is 26.2. The third kappa shape index (κ3) is 5.85. The molecule has 0 spiro atoms. The Hall–Kier alpha value is -3.25. The number of hydrogen-bond acceptors (Lipinski definition) is 6. The van der Waals surface area contributed by atoms with E-state index in [0.29, 0.717) is 47.7 Å². The van der Waals surface area contributed by atoms with E-state index in [-0.39, 0.29) is 23.7 Å². The maximum absolute atomic E-state index is 13.2. The normalized spacial score (nSPS) is 16.9. The van der Waals surface area contributed by atoms with Gasteiger partial charge >= 0.3 is 12.5 Å². The van der Waals surface area contributed by atoms with Crippen LogP contribution in [0.25, 0.3) is 16.5 Å². The Labute approximate surface area is 212 Å². The molecule has 0 saturated carbocycles. The Morgan fingerprint density at radius 1 is 0.919 bits per heavy atom. The fraction of sp³-hybridized carbons (Fsp3) is 0.280. The van der Waals surface area contributed by atoms with E-state index >= 15 is 0 Å². The molecule has 1 aromatic heterocycles. The van der Waals surface area contributed by atoms with Gasteiger partial charge in [-0.25, -0.2) is 4.18 Å². The van der Waals surface area contributed by atoms with Crippen LogP contribution in [-0.2, 0) is 4.18 Å². The molecule has 3 aromatic rings. The Morgan fingerprint density at radius 2 is 1.65 bits per heavy atom. The van der Waals surface area contributed by atoms with Crippen molar-refractivity contribution >= 4 is 39.9 Å². The Morgan fingerprint density at radius 3 is 2.27 bits per heavy atom. The van der Waals surface area contributed by atoms with Crippen LogP contribution in [0.15, 0.2) is 70.8 Å². The molecule has 3 heterocycles. The molecule has 0 amide bonds. The number of alkyl halides is 6. The minimum Gasteiger partial charge on any atom is -0.490 e. The third-order valence-corrected chi connectivity index (χ3v) is 6.75. The molecular weight excluding hydrogens is 520 g/mol. The number of aliphatic imine (C=N–C) groups is 1. The summed E-state index contributed by atoms with van der Waals surface area (Å²) in [7, 11) is 0. The van der Waals surface area contributed by atoms with Crippen LogP contribution < -0.4 is 9.64 Å². The van der Waals surface area contributed by atoms with Gasteiger partial charge in [-0.2, -0.15) is 13.2 Å². The number of allylic oxidation sites excluding steroid dienone is 1. The number of aromatic nitrogens is 1. The molecule has 0 aliphatic carbocycles. The topological polar surface area (TPSA) is 47.0 Å². The highest BCUT2D eigenvalue weighted by Gasteiger charge is 2.41. The van der Waals surface area contributed by atoms with Crippen LogP contribution in [0.2, 0.25) is 0 Å². The maximum atomic E-state index is 13.2. The maximum Gasteiger partial charge on any atom is 0.533 e. The highest BCUT2D eigenvalue weighted by Crippen LogP contribution is 2.37. The van der Waals surface area contributed by atoms with Gasteiger partial charge < -0.3 is 9.64 Å². The van der Waals surface area contributed by atoms with Crippen molar-refractivity contribution in [1.82, 2.24) is 4.98 Å². The van der Waals surface area contributed by atoms with E-state index in [0.717, 1.165) is 11.1 Å². The molecule has 2 aliphatic rings. The van der Waals surface area contributed by atoms with Crippen molar-refractivity contribution < 1.29 is 35.3 Å². The number of piperidine rings is 1. The molecule has 37 heavy (non-hydrogen) atoms. The van der Waals surface area contributed by atoms with Gasteiger partial charge in [-0.15, -0.1) is 13.2 Å². The van der Waals surface area contributed by atoms with E-state index in [2.05, 4.69) is 19.1 Å². The number of benzene rings is 2. The second-order valence-electron chi connectivity index (χ2n) is 8.47. The average Bonchev–Trinajstić information content (AvgIpc) is 2.81. The van der Waals surface area contributed by atoms with Crippen LogP contribution in [0.5, 0.6) is 5.75 Å². The van der Waals surface area contributed by atoms with E-state index < -0.39 is 18.3 Å². The SMILES string of the molecule is FC(F)(F)OSc1ccc(OC2CCN(c3ccnc4ccc(C5=CN=C5C(F)(F)F)cc34)CC2)cc1. The van der Waals surface area contributed by atoms with E-state index in [1.807, 2.05) is 6.07 Å². The standard InChI is InChI=1S/C25H19F6N3O2S/c26-24(27,28)23-20(14-33-23)15-1-6-21-19(13-15)22(7-10-32-21)34-11-8-17(9-12-34)35-16-2-4-18(5-3-16)37-36-25(29,30)31/h1-7,10,13-14,17H,8-9,11-12H2. The summed E-state index contributed by atoms with van der Waals surface area (Å²) in [6.07, 6.45) is -5.04. The van der Waals surface area contributed by atoms with Gasteiger partial charge in [0.05, 0.1) is 5.52 Å². The molecule has 2 aromatic carbocycles. The van der Waals surface area contributed by atoms with E-state index in [4.69, 9.17) is 4.74 Å². The van der Waals surface area contributed by atoms with Crippen LogP contribution in [0.1, 0.15) is 18.4 Å². The second kappa shape index (κ2) is 9.90. The third-order valence-electron chi connectivity index (χ3n) is 6.02. The van der Waals surface area contributed by atoms with Crippen molar-refractivity contribution in [2.45, 2.75) is 36.4 Å². The first-order chi connectivity index (χ1) is 17.6. The van der Waals surface area contributed by atoms with Crippen LogP contribution in [0, 0.1) is 0 Å². The van der Waals surface area contributed by atoms with E-state index in [1.54, 1.807) is 36.5 Å². The lowest BCUT2D eigenvalue weighted by Crippen LogP contribution is -2.38. The highest BCUT2D eigenvalue weighted by molar-refractivity contribution is 7.94. The summed E-state index contributed by atoms with van der Waals surface area (Å²) in [5, 5.41) is 0.753. The second-order valence-corrected chi connectivity index (χ2v) is 9.27. The molecule has 0 unspecified atom stereocenters. The molecule has 5 nitrogen and oxygen atoms in total. The lowest BCUT2D eigenvalue weighted by atomic mass is 9.96. The molecule has 0 N–H and O–H groups in total. The number of hydrogen-bond donors (Lipinski definition) is 0. The minimum absolute atomic E-state index is 0.0608. The van der Waals surface area contributed by atoms with Crippen molar-refractivity contribution in [2.24, 2.45) is 4.99 Å². The van der Waals surface area contributed by atoms with Crippen LogP contribution in [0.4, 0.5) is 32.0 Å². The number of ether oxygens (including phenoxy) is 1. The number of halogens is 6. The predicted octanol–water partition coefficient (Wildman–Crippen LogP) is 7.18. The zero-order valence-corrected chi connectivity index (χ0v) is 19.8. The van der Waals surface area contributed by atoms with Gasteiger partial charge in [0, 0.05) is 71.9 Å². The predicted molar refractivity (Wildman–Crippen MR) is 129 cm³/mol.